The number of rotatable bonds is 4. The van der Waals surface area contributed by atoms with Crippen molar-refractivity contribution in [2.75, 3.05) is 0 Å². The van der Waals surface area contributed by atoms with E-state index in [-0.39, 0.29) is 0 Å². The van der Waals surface area contributed by atoms with Gasteiger partial charge in [-0.3, -0.25) is 0 Å². The molecule has 230 valence electrons. The number of aryl methyl sites for hydroxylation is 1. The monoisotopic (exact) mass is 626 g/mol. The number of nitrogens with zero attached hydrogens (tertiary/aromatic N) is 4. The van der Waals surface area contributed by atoms with Crippen LogP contribution in [0.5, 0.6) is 0 Å². The van der Waals surface area contributed by atoms with E-state index in [9.17, 15) is 0 Å². The van der Waals surface area contributed by atoms with Crippen molar-refractivity contribution >= 4 is 54.6 Å². The molecule has 10 aromatic rings. The van der Waals surface area contributed by atoms with Crippen molar-refractivity contribution in [1.82, 2.24) is 19.1 Å². The van der Waals surface area contributed by atoms with E-state index in [1.165, 1.54) is 43.6 Å². The lowest BCUT2D eigenvalue weighted by molar-refractivity contribution is 1.18. The molecule has 0 N–H and O–H groups in total. The molecule has 0 saturated carbocycles. The molecule has 3 heterocycles. The summed E-state index contributed by atoms with van der Waals surface area (Å²) in [4.78, 5) is 10.5. The lowest BCUT2D eigenvalue weighted by Crippen LogP contribution is -1.98. The molecule has 0 bridgehead atoms. The highest BCUT2D eigenvalue weighted by Crippen LogP contribution is 2.36. The Kier molecular flexibility index (Phi) is 6.06. The van der Waals surface area contributed by atoms with Crippen molar-refractivity contribution in [2.24, 2.45) is 0 Å². The molecule has 0 atom stereocenters. The third-order valence-electron chi connectivity index (χ3n) is 9.78. The van der Waals surface area contributed by atoms with E-state index in [0.29, 0.717) is 0 Å². The van der Waals surface area contributed by atoms with Gasteiger partial charge in [-0.25, -0.2) is 9.97 Å². The molecule has 3 aromatic heterocycles. The molecule has 0 saturated heterocycles. The summed E-state index contributed by atoms with van der Waals surface area (Å²) in [5.41, 5.74) is 13.8. The molecule has 7 aromatic carbocycles. The maximum absolute atomic E-state index is 5.25. The Bertz CT molecular complexity index is 2770. The van der Waals surface area contributed by atoms with Crippen LogP contribution in [0.3, 0.4) is 0 Å². The molecular weight excluding hydrogens is 597 g/mol. The summed E-state index contributed by atoms with van der Waals surface area (Å²) in [5.74, 6) is 0. The van der Waals surface area contributed by atoms with Crippen LogP contribution in [-0.2, 0) is 0 Å². The summed E-state index contributed by atoms with van der Waals surface area (Å²) < 4.78 is 4.69. The van der Waals surface area contributed by atoms with Crippen LogP contribution in [0.1, 0.15) is 5.56 Å². The van der Waals surface area contributed by atoms with Gasteiger partial charge in [0.15, 0.2) is 0 Å². The molecule has 0 aliphatic heterocycles. The fourth-order valence-corrected chi connectivity index (χ4v) is 7.51. The summed E-state index contributed by atoms with van der Waals surface area (Å²) in [5, 5.41) is 5.02. The van der Waals surface area contributed by atoms with E-state index in [1.807, 2.05) is 0 Å². The molecule has 10 rings (SSSR count). The van der Waals surface area contributed by atoms with Crippen LogP contribution in [-0.4, -0.2) is 19.1 Å². The maximum Gasteiger partial charge on any atom is 0.0973 e. The Balaban J connectivity index is 1.11. The van der Waals surface area contributed by atoms with Crippen LogP contribution in [0.25, 0.3) is 88.5 Å². The van der Waals surface area contributed by atoms with E-state index in [1.54, 1.807) is 0 Å². The van der Waals surface area contributed by atoms with Crippen LogP contribution in [0, 0.1) is 6.92 Å². The summed E-state index contributed by atoms with van der Waals surface area (Å²) in [7, 11) is 0. The largest absolute Gasteiger partial charge is 0.309 e. The maximum atomic E-state index is 5.25. The van der Waals surface area contributed by atoms with Gasteiger partial charge in [0.25, 0.3) is 0 Å². The Morgan fingerprint density at radius 2 is 0.735 bits per heavy atom. The van der Waals surface area contributed by atoms with Gasteiger partial charge >= 0.3 is 0 Å². The van der Waals surface area contributed by atoms with E-state index in [0.717, 1.165) is 50.5 Å². The second kappa shape index (κ2) is 10.8. The number of hydrogen-bond donors (Lipinski definition) is 0. The van der Waals surface area contributed by atoms with Crippen molar-refractivity contribution in [1.29, 1.82) is 0 Å². The Morgan fingerprint density at radius 1 is 0.367 bits per heavy atom. The fourth-order valence-electron chi connectivity index (χ4n) is 7.51. The van der Waals surface area contributed by atoms with Gasteiger partial charge in [-0.1, -0.05) is 103 Å². The topological polar surface area (TPSA) is 35.6 Å². The second-order valence-electron chi connectivity index (χ2n) is 12.7. The zero-order chi connectivity index (χ0) is 32.5. The molecule has 0 spiro atoms. The first-order valence-corrected chi connectivity index (χ1v) is 16.7. The minimum absolute atomic E-state index is 0.870. The van der Waals surface area contributed by atoms with Gasteiger partial charge in [-0.05, 0) is 73.2 Å². The zero-order valence-electron chi connectivity index (χ0n) is 26.9. The van der Waals surface area contributed by atoms with Crippen LogP contribution in [0.2, 0.25) is 0 Å². The van der Waals surface area contributed by atoms with Crippen LogP contribution >= 0.6 is 0 Å². The van der Waals surface area contributed by atoms with Gasteiger partial charge in [0.05, 0.1) is 44.5 Å². The quantitative estimate of drug-likeness (QED) is 0.195. The molecule has 4 heteroatoms. The van der Waals surface area contributed by atoms with Gasteiger partial charge in [0.1, 0.15) is 0 Å². The fraction of sp³-hybridized carbons (Fsp3) is 0.0222. The van der Waals surface area contributed by atoms with Crippen molar-refractivity contribution < 1.29 is 0 Å². The first-order valence-electron chi connectivity index (χ1n) is 16.7. The molecule has 0 amide bonds. The van der Waals surface area contributed by atoms with Gasteiger partial charge in [-0.15, -0.1) is 0 Å². The SMILES string of the molecule is Cc1ccc2nc(-c3ccc(-n4c5ccccc5c5ccccc54)cc3)c(-c3ccc(-n4c5ccccc5c5ccccc54)cc3)nc2c1. The van der Waals surface area contributed by atoms with Gasteiger partial charge in [0, 0.05) is 44.0 Å². The third-order valence-corrected chi connectivity index (χ3v) is 9.78. The van der Waals surface area contributed by atoms with Crippen LogP contribution < -0.4 is 0 Å². The summed E-state index contributed by atoms with van der Waals surface area (Å²) in [6.45, 7) is 2.10. The zero-order valence-corrected chi connectivity index (χ0v) is 26.9. The smallest absolute Gasteiger partial charge is 0.0973 e. The minimum atomic E-state index is 0.870. The lowest BCUT2D eigenvalue weighted by Gasteiger charge is -2.14. The first kappa shape index (κ1) is 27.6. The Morgan fingerprint density at radius 3 is 1.14 bits per heavy atom. The highest BCUT2D eigenvalue weighted by molar-refractivity contribution is 6.10. The number of para-hydroxylation sites is 4. The Hall–Kier alpha value is -6.52. The minimum Gasteiger partial charge on any atom is -0.309 e. The third kappa shape index (κ3) is 4.31. The highest BCUT2D eigenvalue weighted by atomic mass is 15.0. The van der Waals surface area contributed by atoms with E-state index < -0.39 is 0 Å². The number of fused-ring (bicyclic) bond motifs is 7. The molecule has 0 radical (unpaired) electrons. The number of benzene rings is 7. The van der Waals surface area contributed by atoms with Gasteiger partial charge in [-0.2, -0.15) is 0 Å². The molecule has 0 aliphatic rings. The Labute approximate surface area is 283 Å². The predicted molar refractivity (Wildman–Crippen MR) is 204 cm³/mol. The number of aromatic nitrogens is 4. The molecule has 4 nitrogen and oxygen atoms in total. The average Bonchev–Trinajstić information content (AvgIpc) is 3.68. The summed E-state index contributed by atoms with van der Waals surface area (Å²) in [6, 6.07) is 58.3. The highest BCUT2D eigenvalue weighted by Gasteiger charge is 2.17. The lowest BCUT2D eigenvalue weighted by atomic mass is 10.0. The van der Waals surface area contributed by atoms with Crippen molar-refractivity contribution in [3.8, 4) is 33.9 Å². The molecule has 0 aliphatic carbocycles. The normalized spacial score (nSPS) is 11.8. The van der Waals surface area contributed by atoms with Crippen LogP contribution in [0.15, 0.2) is 164 Å². The van der Waals surface area contributed by atoms with E-state index >= 15 is 0 Å². The molecular formula is C45H30N4. The summed E-state index contributed by atoms with van der Waals surface area (Å²) >= 11 is 0. The summed E-state index contributed by atoms with van der Waals surface area (Å²) in [6.07, 6.45) is 0. The number of hydrogen-bond acceptors (Lipinski definition) is 2. The van der Waals surface area contributed by atoms with Gasteiger partial charge < -0.3 is 9.13 Å². The molecule has 49 heavy (non-hydrogen) atoms. The van der Waals surface area contributed by atoms with E-state index in [4.69, 9.17) is 9.97 Å². The second-order valence-corrected chi connectivity index (χ2v) is 12.7. The van der Waals surface area contributed by atoms with Crippen molar-refractivity contribution in [3.05, 3.63) is 169 Å². The first-order chi connectivity index (χ1) is 24.2. The predicted octanol–water partition coefficient (Wildman–Crippen LogP) is 11.5. The van der Waals surface area contributed by atoms with Crippen molar-refractivity contribution in [2.45, 2.75) is 6.92 Å². The van der Waals surface area contributed by atoms with Gasteiger partial charge in [0.2, 0.25) is 0 Å². The van der Waals surface area contributed by atoms with Crippen molar-refractivity contribution in [3.63, 3.8) is 0 Å². The molecule has 0 fully saturated rings. The van der Waals surface area contributed by atoms with Crippen LogP contribution in [0.4, 0.5) is 0 Å². The van der Waals surface area contributed by atoms with E-state index in [2.05, 4.69) is 180 Å². The molecule has 0 unspecified atom stereocenters. The standard InChI is InChI=1S/C45H30N4/c1-29-18-27-38-39(28-29)47-45(31-21-25-33(26-22-31)49-42-16-8-4-12-36(42)37-13-5-9-17-43(37)49)44(46-38)30-19-23-32(24-20-30)48-40-14-6-2-10-34(40)35-11-3-7-15-41(35)48/h2-28H,1H3. The average molecular weight is 627 g/mol.